The summed E-state index contributed by atoms with van der Waals surface area (Å²) in [6.45, 7) is 0.531. The van der Waals surface area contributed by atoms with Crippen LogP contribution in [0.15, 0.2) is 18.6 Å². The van der Waals surface area contributed by atoms with Crippen molar-refractivity contribution in [2.75, 3.05) is 7.11 Å². The molecule has 0 aliphatic carbocycles. The first-order valence-corrected chi connectivity index (χ1v) is 3.67. The van der Waals surface area contributed by atoms with Crippen LogP contribution in [0.5, 0.6) is 0 Å². The summed E-state index contributed by atoms with van der Waals surface area (Å²) >= 11 is 0. The molecule has 2 aromatic rings. The maximum absolute atomic E-state index is 4.95. The topological polar surface area (TPSA) is 50.8 Å². The Morgan fingerprint density at radius 2 is 2.42 bits per heavy atom. The fraction of sp³-hybridized carbons (Fsp3) is 0.250. The first kappa shape index (κ1) is 7.24. The third-order valence-electron chi connectivity index (χ3n) is 1.65. The number of rotatable bonds is 2. The number of nitrogens with zero attached hydrogens (tertiary/aromatic N) is 2. The van der Waals surface area contributed by atoms with Gasteiger partial charge in [0.05, 0.1) is 35.9 Å². The normalized spacial score (nSPS) is 10.8. The number of pyridine rings is 1. The number of ether oxygens (including phenoxy) is 1. The van der Waals surface area contributed by atoms with E-state index in [1.54, 1.807) is 19.6 Å². The van der Waals surface area contributed by atoms with Gasteiger partial charge in [0.2, 0.25) is 0 Å². The molecule has 0 aliphatic heterocycles. The predicted octanol–water partition coefficient (Wildman–Crippen LogP) is 1.10. The zero-order valence-corrected chi connectivity index (χ0v) is 6.74. The van der Waals surface area contributed by atoms with Gasteiger partial charge in [0.15, 0.2) is 0 Å². The van der Waals surface area contributed by atoms with E-state index in [1.165, 1.54) is 0 Å². The first-order valence-electron chi connectivity index (χ1n) is 3.67. The second-order valence-corrected chi connectivity index (χ2v) is 2.53. The quantitative estimate of drug-likeness (QED) is 0.721. The van der Waals surface area contributed by atoms with Crippen molar-refractivity contribution >= 4 is 11.0 Å². The smallest absolute Gasteiger partial charge is 0.0932 e. The molecule has 0 aliphatic rings. The van der Waals surface area contributed by atoms with Crippen LogP contribution in [-0.2, 0) is 11.3 Å². The van der Waals surface area contributed by atoms with Crippen LogP contribution < -0.4 is 0 Å². The van der Waals surface area contributed by atoms with Gasteiger partial charge < -0.3 is 9.72 Å². The number of fused-ring (bicyclic) bond motifs is 1. The molecule has 0 saturated carbocycles. The maximum Gasteiger partial charge on any atom is 0.0932 e. The van der Waals surface area contributed by atoms with Crippen LogP contribution >= 0.6 is 0 Å². The highest BCUT2D eigenvalue weighted by Crippen LogP contribution is 2.08. The summed E-state index contributed by atoms with van der Waals surface area (Å²) < 4.78 is 4.95. The molecule has 0 unspecified atom stereocenters. The molecule has 0 saturated heterocycles. The van der Waals surface area contributed by atoms with Gasteiger partial charge in [-0.15, -0.1) is 0 Å². The molecule has 0 atom stereocenters. The minimum Gasteiger partial charge on any atom is -0.378 e. The van der Waals surface area contributed by atoms with Crippen molar-refractivity contribution in [1.29, 1.82) is 0 Å². The Bertz CT molecular complexity index is 382. The number of H-pyrrole nitrogens is 1. The average molecular weight is 163 g/mol. The minimum atomic E-state index is 0.531. The summed E-state index contributed by atoms with van der Waals surface area (Å²) in [5.41, 5.74) is 2.78. The lowest BCUT2D eigenvalue weighted by atomic mass is 10.3. The highest BCUT2D eigenvalue weighted by molar-refractivity contribution is 5.73. The SMILES string of the molecule is COCc1cc2nc[nH]c2cn1. The molecule has 2 heterocycles. The Balaban J connectivity index is 2.46. The van der Waals surface area contributed by atoms with Crippen LogP contribution in [0.3, 0.4) is 0 Å². The molecule has 1 N–H and O–H groups in total. The largest absolute Gasteiger partial charge is 0.378 e. The molecular weight excluding hydrogens is 154 g/mol. The van der Waals surface area contributed by atoms with Crippen LogP contribution in [0, 0.1) is 0 Å². The van der Waals surface area contributed by atoms with Crippen LogP contribution in [0.4, 0.5) is 0 Å². The number of hydrogen-bond acceptors (Lipinski definition) is 3. The lowest BCUT2D eigenvalue weighted by Gasteiger charge is -1.96. The summed E-state index contributed by atoms with van der Waals surface area (Å²) in [7, 11) is 1.65. The van der Waals surface area contributed by atoms with Crippen molar-refractivity contribution in [3.8, 4) is 0 Å². The van der Waals surface area contributed by atoms with Crippen molar-refractivity contribution in [1.82, 2.24) is 15.0 Å². The molecule has 0 spiro atoms. The average Bonchev–Trinajstić information content (AvgIpc) is 2.51. The van der Waals surface area contributed by atoms with Crippen molar-refractivity contribution in [2.24, 2.45) is 0 Å². The van der Waals surface area contributed by atoms with Gasteiger partial charge >= 0.3 is 0 Å². The summed E-state index contributed by atoms with van der Waals surface area (Å²) in [4.78, 5) is 11.3. The lowest BCUT2D eigenvalue weighted by Crippen LogP contribution is -1.90. The summed E-state index contributed by atoms with van der Waals surface area (Å²) in [5.74, 6) is 0. The van der Waals surface area contributed by atoms with Gasteiger partial charge in [-0.1, -0.05) is 0 Å². The maximum atomic E-state index is 4.95. The van der Waals surface area contributed by atoms with Gasteiger partial charge in [0.25, 0.3) is 0 Å². The summed E-state index contributed by atoms with van der Waals surface area (Å²) in [6.07, 6.45) is 3.42. The van der Waals surface area contributed by atoms with E-state index in [-0.39, 0.29) is 0 Å². The van der Waals surface area contributed by atoms with Crippen molar-refractivity contribution < 1.29 is 4.74 Å². The molecule has 62 valence electrons. The Morgan fingerprint density at radius 3 is 3.25 bits per heavy atom. The van der Waals surface area contributed by atoms with Gasteiger partial charge in [-0.2, -0.15) is 0 Å². The van der Waals surface area contributed by atoms with Crippen molar-refractivity contribution in [3.63, 3.8) is 0 Å². The number of imidazole rings is 1. The van der Waals surface area contributed by atoms with E-state index in [0.29, 0.717) is 6.61 Å². The van der Waals surface area contributed by atoms with E-state index in [1.807, 2.05) is 6.07 Å². The van der Waals surface area contributed by atoms with Crippen molar-refractivity contribution in [2.45, 2.75) is 6.61 Å². The van der Waals surface area contributed by atoms with Gasteiger partial charge in [-0.25, -0.2) is 4.98 Å². The Morgan fingerprint density at radius 1 is 1.50 bits per heavy atom. The third kappa shape index (κ3) is 1.16. The zero-order chi connectivity index (χ0) is 8.39. The Hall–Kier alpha value is -1.42. The molecular formula is C8H9N3O. The monoisotopic (exact) mass is 163 g/mol. The number of methoxy groups -OCH3 is 1. The third-order valence-corrected chi connectivity index (χ3v) is 1.65. The molecule has 0 aromatic carbocycles. The number of aromatic amines is 1. The minimum absolute atomic E-state index is 0.531. The highest BCUT2D eigenvalue weighted by atomic mass is 16.5. The molecule has 2 aromatic heterocycles. The fourth-order valence-electron chi connectivity index (χ4n) is 1.10. The van der Waals surface area contributed by atoms with E-state index in [4.69, 9.17) is 4.74 Å². The summed E-state index contributed by atoms with van der Waals surface area (Å²) in [6, 6.07) is 1.91. The van der Waals surface area contributed by atoms with Gasteiger partial charge in [0, 0.05) is 7.11 Å². The fourth-order valence-corrected chi connectivity index (χ4v) is 1.10. The molecule has 12 heavy (non-hydrogen) atoms. The van der Waals surface area contributed by atoms with Gasteiger partial charge in [-0.3, -0.25) is 4.98 Å². The molecule has 0 bridgehead atoms. The number of hydrogen-bond donors (Lipinski definition) is 1. The second-order valence-electron chi connectivity index (χ2n) is 2.53. The summed E-state index contributed by atoms with van der Waals surface area (Å²) in [5, 5.41) is 0. The molecule has 0 radical (unpaired) electrons. The Kier molecular flexibility index (Phi) is 1.75. The van der Waals surface area contributed by atoms with E-state index in [9.17, 15) is 0 Å². The number of aromatic nitrogens is 3. The molecule has 0 fully saturated rings. The van der Waals surface area contributed by atoms with E-state index < -0.39 is 0 Å². The number of nitrogens with one attached hydrogen (secondary N) is 1. The highest BCUT2D eigenvalue weighted by Gasteiger charge is 1.98. The second kappa shape index (κ2) is 2.91. The lowest BCUT2D eigenvalue weighted by molar-refractivity contribution is 0.181. The molecule has 4 nitrogen and oxygen atoms in total. The van der Waals surface area contributed by atoms with E-state index in [2.05, 4.69) is 15.0 Å². The van der Waals surface area contributed by atoms with Gasteiger partial charge in [0.1, 0.15) is 0 Å². The van der Waals surface area contributed by atoms with E-state index in [0.717, 1.165) is 16.7 Å². The van der Waals surface area contributed by atoms with E-state index >= 15 is 0 Å². The molecule has 0 amide bonds. The van der Waals surface area contributed by atoms with Crippen LogP contribution in [-0.4, -0.2) is 22.1 Å². The van der Waals surface area contributed by atoms with Crippen molar-refractivity contribution in [3.05, 3.63) is 24.3 Å². The predicted molar refractivity (Wildman–Crippen MR) is 44.6 cm³/mol. The van der Waals surface area contributed by atoms with Crippen LogP contribution in [0.25, 0.3) is 11.0 Å². The van der Waals surface area contributed by atoms with Crippen LogP contribution in [0.2, 0.25) is 0 Å². The molecule has 4 heteroatoms. The zero-order valence-electron chi connectivity index (χ0n) is 6.74. The van der Waals surface area contributed by atoms with Gasteiger partial charge in [-0.05, 0) is 6.07 Å². The standard InChI is InChI=1S/C8H9N3O/c1-12-4-6-2-7-8(3-9-6)11-5-10-7/h2-3,5H,4H2,1H3,(H,10,11). The Labute approximate surface area is 69.6 Å². The van der Waals surface area contributed by atoms with Crippen LogP contribution in [0.1, 0.15) is 5.69 Å². The molecule has 2 rings (SSSR count). The first-order chi connectivity index (χ1) is 5.90.